The normalized spacial score (nSPS) is 27.7. The van der Waals surface area contributed by atoms with Crippen molar-refractivity contribution < 1.29 is 14.3 Å². The fraction of sp³-hybridized carbons (Fsp3) is 0.536. The van der Waals surface area contributed by atoms with Crippen LogP contribution in [-0.4, -0.2) is 20.2 Å². The number of ether oxygens (including phenoxy) is 2. The largest absolute Gasteiger partial charge is 0.497 e. The molecule has 0 radical (unpaired) electrons. The Morgan fingerprint density at radius 1 is 1.00 bits per heavy atom. The molecule has 1 saturated carbocycles. The van der Waals surface area contributed by atoms with Gasteiger partial charge in [-0.1, -0.05) is 57.5 Å². The van der Waals surface area contributed by atoms with E-state index in [1.54, 1.807) is 7.11 Å². The molecule has 2 aliphatic carbocycles. The lowest BCUT2D eigenvalue weighted by Gasteiger charge is -2.54. The zero-order chi connectivity index (χ0) is 22.4. The number of methoxy groups -OCH3 is 2. The van der Waals surface area contributed by atoms with Gasteiger partial charge in [0.2, 0.25) is 0 Å². The summed E-state index contributed by atoms with van der Waals surface area (Å²) in [5, 5.41) is 0. The van der Waals surface area contributed by atoms with Gasteiger partial charge in [0.05, 0.1) is 19.6 Å². The molecule has 3 unspecified atom stereocenters. The third-order valence-corrected chi connectivity index (χ3v) is 8.54. The van der Waals surface area contributed by atoms with Crippen molar-refractivity contribution in [1.82, 2.24) is 0 Å². The second-order valence-electron chi connectivity index (χ2n) is 10.5. The van der Waals surface area contributed by atoms with Gasteiger partial charge in [0.15, 0.2) is 0 Å². The van der Waals surface area contributed by atoms with Gasteiger partial charge >= 0.3 is 5.97 Å². The highest BCUT2D eigenvalue weighted by Gasteiger charge is 2.55. The zero-order valence-corrected chi connectivity index (χ0v) is 19.9. The second-order valence-corrected chi connectivity index (χ2v) is 10.5. The number of fused-ring (bicyclic) bond motifs is 3. The summed E-state index contributed by atoms with van der Waals surface area (Å²) in [4.78, 5) is 12.8. The van der Waals surface area contributed by atoms with Gasteiger partial charge in [-0.25, -0.2) is 0 Å². The first kappa shape index (κ1) is 21.9. The van der Waals surface area contributed by atoms with Gasteiger partial charge in [-0.05, 0) is 78.3 Å². The van der Waals surface area contributed by atoms with E-state index in [0.29, 0.717) is 5.92 Å². The summed E-state index contributed by atoms with van der Waals surface area (Å²) in [6.07, 6.45) is 5.20. The third-order valence-electron chi connectivity index (χ3n) is 8.54. The van der Waals surface area contributed by atoms with Gasteiger partial charge < -0.3 is 9.47 Å². The van der Waals surface area contributed by atoms with E-state index in [0.717, 1.165) is 37.9 Å². The summed E-state index contributed by atoms with van der Waals surface area (Å²) in [5.74, 6) is 1.17. The fourth-order valence-electron chi connectivity index (χ4n) is 6.53. The number of rotatable bonds is 4. The smallest absolute Gasteiger partial charge is 0.311 e. The van der Waals surface area contributed by atoms with Crippen molar-refractivity contribution in [2.24, 2.45) is 11.3 Å². The average Bonchev–Trinajstić information content (AvgIpc) is 2.78. The highest BCUT2D eigenvalue weighted by molar-refractivity contribution is 5.77. The number of benzene rings is 2. The van der Waals surface area contributed by atoms with Crippen LogP contribution in [0, 0.1) is 11.3 Å². The van der Waals surface area contributed by atoms with Crippen molar-refractivity contribution in [1.29, 1.82) is 0 Å². The van der Waals surface area contributed by atoms with Crippen LogP contribution in [0.1, 0.15) is 75.6 Å². The topological polar surface area (TPSA) is 35.5 Å². The second kappa shape index (κ2) is 7.69. The molecule has 0 aliphatic heterocycles. The molecule has 166 valence electrons. The van der Waals surface area contributed by atoms with E-state index in [4.69, 9.17) is 9.47 Å². The molecule has 0 N–H and O–H groups in total. The number of aryl methyl sites for hydroxylation is 1. The highest BCUT2D eigenvalue weighted by Crippen LogP contribution is 2.57. The Hall–Kier alpha value is -2.29. The summed E-state index contributed by atoms with van der Waals surface area (Å²) in [7, 11) is 3.23. The molecule has 1 fully saturated rings. The van der Waals surface area contributed by atoms with E-state index in [1.807, 2.05) is 12.1 Å². The van der Waals surface area contributed by atoms with Gasteiger partial charge in [-0.15, -0.1) is 0 Å². The Bertz CT molecular complexity index is 974. The van der Waals surface area contributed by atoms with Crippen LogP contribution in [0.4, 0.5) is 0 Å². The highest BCUT2D eigenvalue weighted by atomic mass is 16.5. The minimum Gasteiger partial charge on any atom is -0.497 e. The SMILES string of the molecule is COC(=O)C1(C)CCCC2(C)c3ccc(C(C)(C)c4ccc(OC)cc4)cc3CCC12. The summed E-state index contributed by atoms with van der Waals surface area (Å²) in [6.45, 7) is 9.09. The summed E-state index contributed by atoms with van der Waals surface area (Å²) in [6, 6.07) is 15.5. The van der Waals surface area contributed by atoms with Crippen molar-refractivity contribution in [3.63, 3.8) is 0 Å². The van der Waals surface area contributed by atoms with Crippen LogP contribution in [0.2, 0.25) is 0 Å². The van der Waals surface area contributed by atoms with Gasteiger partial charge in [-0.2, -0.15) is 0 Å². The van der Waals surface area contributed by atoms with Crippen molar-refractivity contribution in [2.45, 2.75) is 70.6 Å². The first-order valence-electron chi connectivity index (χ1n) is 11.5. The molecule has 3 heteroatoms. The molecule has 3 atom stereocenters. The summed E-state index contributed by atoms with van der Waals surface area (Å²) < 4.78 is 10.6. The lowest BCUT2D eigenvalue weighted by Crippen LogP contribution is -2.52. The van der Waals surface area contributed by atoms with Crippen LogP contribution in [0.5, 0.6) is 5.75 Å². The number of hydrogen-bond acceptors (Lipinski definition) is 3. The van der Waals surface area contributed by atoms with Crippen LogP contribution < -0.4 is 4.74 Å². The summed E-state index contributed by atoms with van der Waals surface area (Å²) >= 11 is 0. The maximum atomic E-state index is 12.8. The molecule has 2 aliphatic rings. The van der Waals surface area contributed by atoms with Gasteiger partial charge in [0, 0.05) is 5.41 Å². The lowest BCUT2D eigenvalue weighted by atomic mass is 9.49. The Morgan fingerprint density at radius 3 is 2.32 bits per heavy atom. The van der Waals surface area contributed by atoms with E-state index in [2.05, 4.69) is 58.0 Å². The monoisotopic (exact) mass is 420 g/mol. The van der Waals surface area contributed by atoms with Crippen LogP contribution in [0.3, 0.4) is 0 Å². The molecule has 0 bridgehead atoms. The predicted molar refractivity (Wildman–Crippen MR) is 125 cm³/mol. The van der Waals surface area contributed by atoms with Crippen LogP contribution >= 0.6 is 0 Å². The minimum absolute atomic E-state index is 0.0254. The Kier molecular flexibility index (Phi) is 5.44. The molecule has 0 heterocycles. The number of esters is 1. The average molecular weight is 421 g/mol. The molecule has 0 amide bonds. The molecule has 0 saturated heterocycles. The van der Waals surface area contributed by atoms with E-state index < -0.39 is 0 Å². The van der Waals surface area contributed by atoms with Crippen molar-refractivity contribution in [3.8, 4) is 5.75 Å². The maximum absolute atomic E-state index is 12.8. The van der Waals surface area contributed by atoms with Crippen LogP contribution in [0.15, 0.2) is 42.5 Å². The molecule has 2 aromatic carbocycles. The quantitative estimate of drug-likeness (QED) is 0.552. The zero-order valence-electron chi connectivity index (χ0n) is 19.9. The van der Waals surface area contributed by atoms with E-state index in [-0.39, 0.29) is 22.2 Å². The molecule has 2 aromatic rings. The van der Waals surface area contributed by atoms with Crippen LogP contribution in [0.25, 0.3) is 0 Å². The molecular formula is C28H36O3. The molecule has 4 rings (SSSR count). The van der Waals surface area contributed by atoms with E-state index in [1.165, 1.54) is 29.4 Å². The summed E-state index contributed by atoms with van der Waals surface area (Å²) in [5.41, 5.74) is 5.05. The van der Waals surface area contributed by atoms with E-state index >= 15 is 0 Å². The van der Waals surface area contributed by atoms with Crippen LogP contribution in [-0.2, 0) is 26.8 Å². The fourth-order valence-corrected chi connectivity index (χ4v) is 6.53. The number of hydrogen-bond donors (Lipinski definition) is 0. The number of carbonyl (C=O) groups excluding carboxylic acids is 1. The van der Waals surface area contributed by atoms with Gasteiger partial charge in [-0.3, -0.25) is 4.79 Å². The van der Waals surface area contributed by atoms with E-state index in [9.17, 15) is 4.79 Å². The first-order chi connectivity index (χ1) is 14.7. The Morgan fingerprint density at radius 2 is 1.68 bits per heavy atom. The molecule has 31 heavy (non-hydrogen) atoms. The maximum Gasteiger partial charge on any atom is 0.311 e. The third kappa shape index (κ3) is 3.37. The molecule has 0 aromatic heterocycles. The van der Waals surface area contributed by atoms with Crippen molar-refractivity contribution in [2.75, 3.05) is 14.2 Å². The first-order valence-corrected chi connectivity index (χ1v) is 11.5. The molecular weight excluding hydrogens is 384 g/mol. The van der Waals surface area contributed by atoms with Crippen molar-refractivity contribution in [3.05, 3.63) is 64.7 Å². The van der Waals surface area contributed by atoms with Gasteiger partial charge in [0.25, 0.3) is 0 Å². The predicted octanol–water partition coefficient (Wildman–Crippen LogP) is 6.20. The Balaban J connectivity index is 1.71. The Labute approximate surface area is 187 Å². The standard InChI is InChI=1S/C28H36O3/c1-26(2,20-9-12-22(30-5)13-10-20)21-11-14-23-19(18-21)8-15-24-27(23,3)16-7-17-28(24,4)25(29)31-6/h9-14,18,24H,7-8,15-17H2,1-6H3. The number of carbonyl (C=O) groups is 1. The van der Waals surface area contributed by atoms with Crippen molar-refractivity contribution >= 4 is 5.97 Å². The lowest BCUT2D eigenvalue weighted by molar-refractivity contribution is -0.161. The minimum atomic E-state index is -0.388. The van der Waals surface area contributed by atoms with Gasteiger partial charge in [0.1, 0.15) is 5.75 Å². The molecule has 0 spiro atoms. The molecule has 3 nitrogen and oxygen atoms in total.